The maximum Gasteiger partial charge on any atom is 0.312 e. The van der Waals surface area contributed by atoms with Gasteiger partial charge in [0.05, 0.1) is 0 Å². The fourth-order valence-corrected chi connectivity index (χ4v) is 4.38. The van der Waals surface area contributed by atoms with Gasteiger partial charge in [-0.1, -0.05) is 0 Å². The maximum atomic E-state index is 12.6. The first-order chi connectivity index (χ1) is 12.7. The molecule has 0 aliphatic carbocycles. The van der Waals surface area contributed by atoms with Gasteiger partial charge in [-0.2, -0.15) is 0 Å². The lowest BCUT2D eigenvalue weighted by Gasteiger charge is -2.46. The van der Waals surface area contributed by atoms with Gasteiger partial charge in [0.15, 0.2) is 0 Å². The number of carbonyl (C=O) groups is 2. The highest BCUT2D eigenvalue weighted by Crippen LogP contribution is 2.28. The smallest absolute Gasteiger partial charge is 0.312 e. The molecular weight excluding hydrogens is 344 g/mol. The van der Waals surface area contributed by atoms with Gasteiger partial charge in [-0.3, -0.25) is 9.59 Å². The number of nitrogens with one attached hydrogen (secondary N) is 2. The van der Waals surface area contributed by atoms with Crippen LogP contribution >= 0.6 is 0 Å². The normalized spacial score (nSPS) is 22.4. The number of anilines is 1. The van der Waals surface area contributed by atoms with Gasteiger partial charge in [0.25, 0.3) is 0 Å². The number of rotatable bonds is 2. The Morgan fingerprint density at radius 2 is 1.59 bits per heavy atom. The zero-order valence-corrected chi connectivity index (χ0v) is 16.7. The van der Waals surface area contributed by atoms with Gasteiger partial charge in [-0.15, -0.1) is 0 Å². The van der Waals surface area contributed by atoms with Crippen molar-refractivity contribution in [2.75, 3.05) is 31.1 Å². The van der Waals surface area contributed by atoms with Crippen LogP contribution in [0, 0.1) is 0 Å². The molecule has 2 N–H and O–H groups in total. The summed E-state index contributed by atoms with van der Waals surface area (Å²) in [4.78, 5) is 37.2. The minimum atomic E-state index is -0.502. The Morgan fingerprint density at radius 3 is 2.15 bits per heavy atom. The molecule has 2 aliphatic heterocycles. The summed E-state index contributed by atoms with van der Waals surface area (Å²) in [6.07, 6.45) is 5.01. The van der Waals surface area contributed by atoms with E-state index >= 15 is 0 Å². The van der Waals surface area contributed by atoms with E-state index in [2.05, 4.69) is 48.3 Å². The van der Waals surface area contributed by atoms with Crippen molar-refractivity contribution in [2.45, 2.75) is 57.7 Å². The van der Waals surface area contributed by atoms with E-state index in [9.17, 15) is 9.59 Å². The van der Waals surface area contributed by atoms with Crippen LogP contribution in [-0.2, 0) is 9.59 Å². The monoisotopic (exact) mass is 374 g/mol. The molecule has 0 unspecified atom stereocenters. The molecule has 8 nitrogen and oxygen atoms in total. The lowest BCUT2D eigenvalue weighted by Crippen LogP contribution is -2.63. The molecule has 2 aliphatic rings. The Morgan fingerprint density at radius 1 is 1.04 bits per heavy atom. The van der Waals surface area contributed by atoms with E-state index in [0.717, 1.165) is 12.8 Å². The molecule has 1 aromatic heterocycles. The molecule has 148 valence electrons. The molecule has 0 bridgehead atoms. The van der Waals surface area contributed by atoms with Gasteiger partial charge in [-0.05, 0) is 46.6 Å². The van der Waals surface area contributed by atoms with Gasteiger partial charge in [0, 0.05) is 55.7 Å². The minimum absolute atomic E-state index is 0.00768. The number of hydrogen-bond donors (Lipinski definition) is 2. The van der Waals surface area contributed by atoms with Crippen molar-refractivity contribution in [1.29, 1.82) is 0 Å². The van der Waals surface area contributed by atoms with Crippen LogP contribution < -0.4 is 15.5 Å². The summed E-state index contributed by atoms with van der Waals surface area (Å²) in [6.45, 7) is 10.7. The highest BCUT2D eigenvalue weighted by Gasteiger charge is 2.39. The summed E-state index contributed by atoms with van der Waals surface area (Å²) >= 11 is 0. The fourth-order valence-electron chi connectivity index (χ4n) is 4.38. The number of carbonyl (C=O) groups excluding carboxylic acids is 2. The Kier molecular flexibility index (Phi) is 5.37. The number of amides is 2. The Balaban J connectivity index is 1.53. The molecule has 3 heterocycles. The summed E-state index contributed by atoms with van der Waals surface area (Å²) in [5.74, 6) is -0.288. The summed E-state index contributed by atoms with van der Waals surface area (Å²) in [5, 5.41) is 6.55. The summed E-state index contributed by atoms with van der Waals surface area (Å²) < 4.78 is 0. The largest absolute Gasteiger partial charge is 0.345 e. The fraction of sp³-hybridized carbons (Fsp3) is 0.684. The number of hydrogen-bond acceptors (Lipinski definition) is 6. The minimum Gasteiger partial charge on any atom is -0.345 e. The molecule has 0 spiro atoms. The second-order valence-corrected chi connectivity index (χ2v) is 8.80. The highest BCUT2D eigenvalue weighted by atomic mass is 16.2. The summed E-state index contributed by atoms with van der Waals surface area (Å²) in [6, 6.07) is 1.77. The number of nitrogens with zero attached hydrogens (tertiary/aromatic N) is 4. The van der Waals surface area contributed by atoms with E-state index in [1.54, 1.807) is 23.4 Å². The SMILES string of the molecule is CC1(C)CC(NC(=O)C(=O)N2CCN(c3ncccn3)CC2)CC(C)(C)N1. The van der Waals surface area contributed by atoms with Crippen LogP contribution in [0.1, 0.15) is 40.5 Å². The van der Waals surface area contributed by atoms with E-state index < -0.39 is 11.8 Å². The average Bonchev–Trinajstić information content (AvgIpc) is 2.59. The Labute approximate surface area is 160 Å². The van der Waals surface area contributed by atoms with Crippen molar-refractivity contribution >= 4 is 17.8 Å². The van der Waals surface area contributed by atoms with Crippen molar-refractivity contribution in [3.63, 3.8) is 0 Å². The van der Waals surface area contributed by atoms with Gasteiger partial charge in [0.1, 0.15) is 0 Å². The van der Waals surface area contributed by atoms with Crippen molar-refractivity contribution in [3.05, 3.63) is 18.5 Å². The third kappa shape index (κ3) is 4.94. The Bertz CT molecular complexity index is 667. The molecule has 27 heavy (non-hydrogen) atoms. The third-order valence-electron chi connectivity index (χ3n) is 5.12. The molecule has 1 aromatic rings. The van der Waals surface area contributed by atoms with E-state index in [1.807, 2.05) is 4.90 Å². The molecule has 0 aromatic carbocycles. The van der Waals surface area contributed by atoms with Crippen molar-refractivity contribution in [3.8, 4) is 0 Å². The van der Waals surface area contributed by atoms with Crippen LogP contribution in [0.25, 0.3) is 0 Å². The standard InChI is InChI=1S/C19H30N6O2/c1-18(2)12-14(13-19(3,4)23-18)22-15(26)16(27)24-8-10-25(11-9-24)17-20-6-5-7-21-17/h5-7,14,23H,8-13H2,1-4H3,(H,22,26). The van der Waals surface area contributed by atoms with Gasteiger partial charge >= 0.3 is 11.8 Å². The van der Waals surface area contributed by atoms with Gasteiger partial charge in [-0.25, -0.2) is 9.97 Å². The molecule has 8 heteroatoms. The predicted octanol–water partition coefficient (Wildman–Crippen LogP) is 0.551. The van der Waals surface area contributed by atoms with E-state index in [-0.39, 0.29) is 17.1 Å². The van der Waals surface area contributed by atoms with Crippen molar-refractivity contribution < 1.29 is 9.59 Å². The number of piperidine rings is 1. The van der Waals surface area contributed by atoms with Crippen LogP contribution in [0.4, 0.5) is 5.95 Å². The van der Waals surface area contributed by atoms with Gasteiger partial charge < -0.3 is 20.4 Å². The first-order valence-electron chi connectivity index (χ1n) is 9.56. The molecule has 0 saturated carbocycles. The molecule has 3 rings (SSSR count). The lowest BCUT2D eigenvalue weighted by molar-refractivity contribution is -0.146. The second kappa shape index (κ2) is 7.42. The summed E-state index contributed by atoms with van der Waals surface area (Å²) in [7, 11) is 0. The van der Waals surface area contributed by atoms with Gasteiger partial charge in [0.2, 0.25) is 5.95 Å². The van der Waals surface area contributed by atoms with Crippen molar-refractivity contribution in [1.82, 2.24) is 25.5 Å². The van der Waals surface area contributed by atoms with E-state index in [0.29, 0.717) is 32.1 Å². The molecule has 2 amide bonds. The zero-order valence-electron chi connectivity index (χ0n) is 16.7. The topological polar surface area (TPSA) is 90.5 Å². The third-order valence-corrected chi connectivity index (χ3v) is 5.12. The molecular formula is C19H30N6O2. The van der Waals surface area contributed by atoms with E-state index in [1.165, 1.54) is 0 Å². The Hall–Kier alpha value is -2.22. The highest BCUT2D eigenvalue weighted by molar-refractivity contribution is 6.35. The lowest BCUT2D eigenvalue weighted by atomic mass is 9.79. The first-order valence-corrected chi connectivity index (χ1v) is 9.56. The predicted molar refractivity (Wildman–Crippen MR) is 103 cm³/mol. The number of piperazine rings is 1. The van der Waals surface area contributed by atoms with Crippen molar-refractivity contribution in [2.24, 2.45) is 0 Å². The van der Waals surface area contributed by atoms with Crippen LogP contribution in [0.5, 0.6) is 0 Å². The zero-order chi connectivity index (χ0) is 19.7. The van der Waals surface area contributed by atoms with Crippen LogP contribution in [0.3, 0.4) is 0 Å². The number of aromatic nitrogens is 2. The summed E-state index contributed by atoms with van der Waals surface area (Å²) in [5.41, 5.74) is -0.159. The van der Waals surface area contributed by atoms with Crippen LogP contribution in [0.15, 0.2) is 18.5 Å². The van der Waals surface area contributed by atoms with Crippen LogP contribution in [0.2, 0.25) is 0 Å². The van der Waals surface area contributed by atoms with E-state index in [4.69, 9.17) is 0 Å². The molecule has 0 radical (unpaired) electrons. The van der Waals surface area contributed by atoms with Crippen LogP contribution in [-0.4, -0.2) is 70.0 Å². The average molecular weight is 374 g/mol. The maximum absolute atomic E-state index is 12.6. The quantitative estimate of drug-likeness (QED) is 0.735. The molecule has 2 fully saturated rings. The first kappa shape index (κ1) is 19.5. The second-order valence-electron chi connectivity index (χ2n) is 8.80. The molecule has 0 atom stereocenters. The molecule has 2 saturated heterocycles.